The largest absolute Gasteiger partial charge is 0.507 e. The summed E-state index contributed by atoms with van der Waals surface area (Å²) in [5.41, 5.74) is 5.70. The number of methoxy groups -OCH3 is 1. The number of carbonyl (C=O) groups is 1. The monoisotopic (exact) mass is 440 g/mol. The average molecular weight is 441 g/mol. The maximum Gasteiger partial charge on any atom is 0.162 e. The molecule has 176 valence electrons. The molecule has 1 aromatic carbocycles. The van der Waals surface area contributed by atoms with Gasteiger partial charge in [-0.1, -0.05) is 41.0 Å². The minimum absolute atomic E-state index is 0.158. The number of benzene rings is 1. The van der Waals surface area contributed by atoms with Gasteiger partial charge >= 0.3 is 0 Å². The maximum absolute atomic E-state index is 12.1. The van der Waals surface area contributed by atoms with Crippen LogP contribution in [-0.4, -0.2) is 29.2 Å². The number of aromatic hydroxyl groups is 1. The van der Waals surface area contributed by atoms with Crippen LogP contribution < -0.4 is 4.74 Å². The second-order valence-electron chi connectivity index (χ2n) is 8.83. The first-order valence-electron chi connectivity index (χ1n) is 11.2. The number of hydrogen-bond donors (Lipinski definition) is 2. The summed E-state index contributed by atoms with van der Waals surface area (Å²) in [6.07, 6.45) is 10.5. The predicted octanol–water partition coefficient (Wildman–Crippen LogP) is 6.55. The molecule has 0 fully saturated rings. The molecule has 0 unspecified atom stereocenters. The van der Waals surface area contributed by atoms with E-state index in [2.05, 4.69) is 0 Å². The standard InChI is InChI=1S/C28H40O4/c1-19(2)11-14-27(30)22(5)10-8-9-20(3)15-25(29)16-21(4)12-13-24-18-26(32-7)17-23(6)28(24)31/h10-12,15,17-18,25,29,31H,8-9,13-14,16H2,1-7H3/b20-15+,21-12+,22-10+/t25-/m0/s1. The molecular formula is C28H40O4. The van der Waals surface area contributed by atoms with Crippen LogP contribution in [0.25, 0.3) is 0 Å². The van der Waals surface area contributed by atoms with E-state index in [4.69, 9.17) is 4.74 Å². The summed E-state index contributed by atoms with van der Waals surface area (Å²) >= 11 is 0. The van der Waals surface area contributed by atoms with Gasteiger partial charge in [0, 0.05) is 12.0 Å². The van der Waals surface area contributed by atoms with Gasteiger partial charge in [0.05, 0.1) is 13.2 Å². The molecule has 0 aliphatic heterocycles. The summed E-state index contributed by atoms with van der Waals surface area (Å²) in [4.78, 5) is 12.1. The Kier molecular flexibility index (Phi) is 11.8. The van der Waals surface area contributed by atoms with Crippen molar-refractivity contribution in [3.05, 3.63) is 69.9 Å². The number of phenolic OH excluding ortho intramolecular Hbond substituents is 1. The average Bonchev–Trinajstić information content (AvgIpc) is 2.72. The van der Waals surface area contributed by atoms with Crippen LogP contribution in [0.15, 0.2) is 58.7 Å². The van der Waals surface area contributed by atoms with Gasteiger partial charge in [-0.2, -0.15) is 0 Å². The SMILES string of the molecule is COc1cc(C)c(O)c(C/C=C(\C)C[C@@H](O)/C=C(\C)CC/C=C(\C)C(=O)CC=C(C)C)c1. The summed E-state index contributed by atoms with van der Waals surface area (Å²) in [6, 6.07) is 3.65. The lowest BCUT2D eigenvalue weighted by Crippen LogP contribution is -2.04. The Bertz CT molecular complexity index is 896. The lowest BCUT2D eigenvalue weighted by atomic mass is 10.0. The number of phenols is 1. The highest BCUT2D eigenvalue weighted by molar-refractivity contribution is 5.95. The van der Waals surface area contributed by atoms with Gasteiger partial charge in [-0.05, 0) is 90.5 Å². The van der Waals surface area contributed by atoms with Crippen LogP contribution in [-0.2, 0) is 11.2 Å². The Hall–Kier alpha value is -2.59. The van der Waals surface area contributed by atoms with Crippen molar-refractivity contribution < 1.29 is 19.7 Å². The molecular weight excluding hydrogens is 400 g/mol. The number of allylic oxidation sites excluding steroid dienone is 6. The molecule has 4 heteroatoms. The summed E-state index contributed by atoms with van der Waals surface area (Å²) in [5.74, 6) is 1.17. The Morgan fingerprint density at radius 2 is 1.75 bits per heavy atom. The molecule has 32 heavy (non-hydrogen) atoms. The third-order valence-electron chi connectivity index (χ3n) is 5.39. The molecule has 0 aliphatic carbocycles. The number of aryl methyl sites for hydroxylation is 1. The summed E-state index contributed by atoms with van der Waals surface area (Å²) < 4.78 is 5.28. The third kappa shape index (κ3) is 10.1. The molecule has 1 aromatic rings. The molecule has 1 atom stereocenters. The van der Waals surface area contributed by atoms with Crippen molar-refractivity contribution in [1.29, 1.82) is 0 Å². The topological polar surface area (TPSA) is 66.8 Å². The maximum atomic E-state index is 12.1. The fourth-order valence-electron chi connectivity index (χ4n) is 3.35. The highest BCUT2D eigenvalue weighted by Crippen LogP contribution is 2.28. The molecule has 0 saturated heterocycles. The zero-order valence-electron chi connectivity index (χ0n) is 20.8. The first-order chi connectivity index (χ1) is 15.0. The first kappa shape index (κ1) is 27.4. The van der Waals surface area contributed by atoms with E-state index in [1.165, 1.54) is 0 Å². The van der Waals surface area contributed by atoms with Crippen molar-refractivity contribution in [3.63, 3.8) is 0 Å². The molecule has 0 saturated carbocycles. The highest BCUT2D eigenvalue weighted by atomic mass is 16.5. The smallest absolute Gasteiger partial charge is 0.162 e. The summed E-state index contributed by atoms with van der Waals surface area (Å²) in [6.45, 7) is 11.7. The molecule has 0 aromatic heterocycles. The summed E-state index contributed by atoms with van der Waals surface area (Å²) in [5, 5.41) is 20.7. The zero-order chi connectivity index (χ0) is 24.3. The highest BCUT2D eigenvalue weighted by Gasteiger charge is 2.08. The van der Waals surface area contributed by atoms with E-state index in [1.54, 1.807) is 7.11 Å². The van der Waals surface area contributed by atoms with Crippen LogP contribution in [0.2, 0.25) is 0 Å². The van der Waals surface area contributed by atoms with Crippen LogP contribution in [0.3, 0.4) is 0 Å². The summed E-state index contributed by atoms with van der Waals surface area (Å²) in [7, 11) is 1.61. The van der Waals surface area contributed by atoms with E-state index in [9.17, 15) is 15.0 Å². The number of Topliss-reactive ketones (excluding diaryl/α,β-unsaturated/α-hetero) is 1. The van der Waals surface area contributed by atoms with Gasteiger partial charge in [-0.15, -0.1) is 0 Å². The predicted molar refractivity (Wildman–Crippen MR) is 133 cm³/mol. The van der Waals surface area contributed by atoms with Gasteiger partial charge < -0.3 is 14.9 Å². The van der Waals surface area contributed by atoms with Crippen molar-refractivity contribution in [2.45, 2.75) is 79.8 Å². The second-order valence-corrected chi connectivity index (χ2v) is 8.83. The molecule has 0 aliphatic rings. The zero-order valence-corrected chi connectivity index (χ0v) is 20.8. The molecule has 0 heterocycles. The number of ketones is 1. The lowest BCUT2D eigenvalue weighted by Gasteiger charge is -2.11. The van der Waals surface area contributed by atoms with Gasteiger partial charge in [0.25, 0.3) is 0 Å². The van der Waals surface area contributed by atoms with Gasteiger partial charge in [0.1, 0.15) is 11.5 Å². The normalized spacial score (nSPS) is 13.7. The number of ether oxygens (including phenoxy) is 1. The Balaban J connectivity index is 2.60. The molecule has 4 nitrogen and oxygen atoms in total. The van der Waals surface area contributed by atoms with Crippen LogP contribution in [0.1, 0.15) is 71.4 Å². The van der Waals surface area contributed by atoms with E-state index in [1.807, 2.05) is 78.0 Å². The Morgan fingerprint density at radius 3 is 2.38 bits per heavy atom. The number of rotatable bonds is 12. The van der Waals surface area contributed by atoms with E-state index in [0.717, 1.165) is 52.0 Å². The van der Waals surface area contributed by atoms with Gasteiger partial charge in [-0.3, -0.25) is 4.79 Å². The molecule has 0 amide bonds. The van der Waals surface area contributed by atoms with Crippen molar-refractivity contribution in [1.82, 2.24) is 0 Å². The molecule has 2 N–H and O–H groups in total. The fourth-order valence-corrected chi connectivity index (χ4v) is 3.35. The van der Waals surface area contributed by atoms with Gasteiger partial charge in [0.15, 0.2) is 5.78 Å². The van der Waals surface area contributed by atoms with Gasteiger partial charge in [-0.25, -0.2) is 0 Å². The molecule has 0 bridgehead atoms. The lowest BCUT2D eigenvalue weighted by molar-refractivity contribution is -0.114. The molecule has 0 spiro atoms. The van der Waals surface area contributed by atoms with Crippen LogP contribution in [0, 0.1) is 6.92 Å². The number of hydrogen-bond acceptors (Lipinski definition) is 4. The van der Waals surface area contributed by atoms with Crippen molar-refractivity contribution >= 4 is 5.78 Å². The quantitative estimate of drug-likeness (QED) is 0.286. The van der Waals surface area contributed by atoms with Crippen LogP contribution in [0.5, 0.6) is 11.5 Å². The van der Waals surface area contributed by atoms with Crippen LogP contribution in [0.4, 0.5) is 0 Å². The third-order valence-corrected chi connectivity index (χ3v) is 5.39. The minimum atomic E-state index is -0.559. The first-order valence-corrected chi connectivity index (χ1v) is 11.2. The minimum Gasteiger partial charge on any atom is -0.507 e. The molecule has 0 radical (unpaired) electrons. The van der Waals surface area contributed by atoms with E-state index >= 15 is 0 Å². The van der Waals surface area contributed by atoms with Crippen molar-refractivity contribution in [3.8, 4) is 11.5 Å². The Labute approximate surface area is 194 Å². The second kappa shape index (κ2) is 13.7. The number of carbonyl (C=O) groups excluding carboxylic acids is 1. The number of aliphatic hydroxyl groups excluding tert-OH is 1. The van der Waals surface area contributed by atoms with E-state index in [-0.39, 0.29) is 11.5 Å². The van der Waals surface area contributed by atoms with E-state index < -0.39 is 6.10 Å². The van der Waals surface area contributed by atoms with Crippen LogP contribution >= 0.6 is 0 Å². The Morgan fingerprint density at radius 1 is 1.06 bits per heavy atom. The van der Waals surface area contributed by atoms with Crippen molar-refractivity contribution in [2.75, 3.05) is 7.11 Å². The number of aliphatic hydroxyl groups is 1. The fraction of sp³-hybridized carbons (Fsp3) is 0.464. The van der Waals surface area contributed by atoms with Crippen molar-refractivity contribution in [2.24, 2.45) is 0 Å². The van der Waals surface area contributed by atoms with Gasteiger partial charge in [0.2, 0.25) is 0 Å². The molecule has 1 rings (SSSR count). The van der Waals surface area contributed by atoms with E-state index in [0.29, 0.717) is 19.3 Å².